The van der Waals surface area contributed by atoms with Gasteiger partial charge in [0, 0.05) is 37.6 Å². The summed E-state index contributed by atoms with van der Waals surface area (Å²) in [5.74, 6) is -0.196. The minimum absolute atomic E-state index is 0.0359. The lowest BCUT2D eigenvalue weighted by molar-refractivity contribution is 0.0745. The summed E-state index contributed by atoms with van der Waals surface area (Å²) in [6.45, 7) is 6.59. The Morgan fingerprint density at radius 3 is 2.26 bits per heavy atom. The molecule has 0 N–H and O–H groups in total. The average Bonchev–Trinajstić information content (AvgIpc) is 2.55. The number of aryl methyl sites for hydroxylation is 2. The standard InChI is InChI=1S/C18H20FN3O/c1-13-3-8-17(14(2)20-13)18(23)22-11-9-21(10-12-22)16-6-4-15(19)5-7-16/h3-8H,9-12H2,1-2H3. The molecule has 4 nitrogen and oxygen atoms in total. The molecule has 3 rings (SSSR count). The number of aromatic nitrogens is 1. The predicted molar refractivity (Wildman–Crippen MR) is 88.2 cm³/mol. The molecule has 0 spiro atoms. The Kier molecular flexibility index (Phi) is 4.28. The number of benzene rings is 1. The molecule has 120 valence electrons. The number of amides is 1. The van der Waals surface area contributed by atoms with E-state index >= 15 is 0 Å². The molecule has 1 fully saturated rings. The lowest BCUT2D eigenvalue weighted by atomic mass is 10.1. The van der Waals surface area contributed by atoms with E-state index in [1.165, 1.54) is 12.1 Å². The average molecular weight is 313 g/mol. The molecule has 0 atom stereocenters. The molecular formula is C18H20FN3O. The van der Waals surface area contributed by atoms with Crippen molar-refractivity contribution in [2.45, 2.75) is 13.8 Å². The first-order valence-electron chi connectivity index (χ1n) is 7.78. The third kappa shape index (κ3) is 3.33. The molecule has 0 bridgehead atoms. The Hall–Kier alpha value is -2.43. The first kappa shape index (κ1) is 15.5. The van der Waals surface area contributed by atoms with Crippen molar-refractivity contribution in [2.24, 2.45) is 0 Å². The predicted octanol–water partition coefficient (Wildman–Crippen LogP) is 2.80. The van der Waals surface area contributed by atoms with Gasteiger partial charge in [0.2, 0.25) is 0 Å². The number of carbonyl (C=O) groups excluding carboxylic acids is 1. The van der Waals surface area contributed by atoms with Crippen LogP contribution in [0.15, 0.2) is 36.4 Å². The van der Waals surface area contributed by atoms with E-state index in [0.29, 0.717) is 18.7 Å². The maximum Gasteiger partial charge on any atom is 0.255 e. The van der Waals surface area contributed by atoms with E-state index in [1.54, 1.807) is 12.1 Å². The number of anilines is 1. The maximum atomic E-state index is 13.0. The van der Waals surface area contributed by atoms with Crippen molar-refractivity contribution in [3.05, 3.63) is 59.2 Å². The molecular weight excluding hydrogens is 293 g/mol. The molecule has 1 aliphatic heterocycles. The minimum atomic E-state index is -0.232. The van der Waals surface area contributed by atoms with Crippen LogP contribution in [0.2, 0.25) is 0 Å². The van der Waals surface area contributed by atoms with E-state index in [4.69, 9.17) is 0 Å². The fraction of sp³-hybridized carbons (Fsp3) is 0.333. The maximum absolute atomic E-state index is 13.0. The molecule has 5 heteroatoms. The summed E-state index contributed by atoms with van der Waals surface area (Å²) in [5.41, 5.74) is 3.36. The summed E-state index contributed by atoms with van der Waals surface area (Å²) < 4.78 is 13.0. The van der Waals surface area contributed by atoms with Crippen LogP contribution in [0.5, 0.6) is 0 Å². The van der Waals surface area contributed by atoms with E-state index in [1.807, 2.05) is 30.9 Å². The number of rotatable bonds is 2. The van der Waals surface area contributed by atoms with Crippen molar-refractivity contribution in [3.63, 3.8) is 0 Å². The zero-order chi connectivity index (χ0) is 16.4. The Bertz CT molecular complexity index is 707. The Morgan fingerprint density at radius 2 is 1.65 bits per heavy atom. The van der Waals surface area contributed by atoms with Crippen LogP contribution in [0, 0.1) is 19.7 Å². The Balaban J connectivity index is 1.66. The molecule has 2 aromatic rings. The fourth-order valence-electron chi connectivity index (χ4n) is 2.90. The van der Waals surface area contributed by atoms with Crippen molar-refractivity contribution in [1.29, 1.82) is 0 Å². The van der Waals surface area contributed by atoms with Gasteiger partial charge in [0.05, 0.1) is 11.3 Å². The van der Waals surface area contributed by atoms with E-state index in [0.717, 1.165) is 30.2 Å². The van der Waals surface area contributed by atoms with Gasteiger partial charge in [0.15, 0.2) is 0 Å². The van der Waals surface area contributed by atoms with Crippen LogP contribution in [0.1, 0.15) is 21.7 Å². The van der Waals surface area contributed by atoms with Crippen LogP contribution >= 0.6 is 0 Å². The normalized spacial score (nSPS) is 14.9. The third-order valence-electron chi connectivity index (χ3n) is 4.21. The van der Waals surface area contributed by atoms with Crippen molar-refractivity contribution < 1.29 is 9.18 Å². The summed E-state index contributed by atoms with van der Waals surface area (Å²) in [6.07, 6.45) is 0. The highest BCUT2D eigenvalue weighted by molar-refractivity contribution is 5.95. The van der Waals surface area contributed by atoms with Gasteiger partial charge in [-0.2, -0.15) is 0 Å². The van der Waals surface area contributed by atoms with Crippen molar-refractivity contribution >= 4 is 11.6 Å². The summed E-state index contributed by atoms with van der Waals surface area (Å²) in [5, 5.41) is 0. The first-order valence-corrected chi connectivity index (χ1v) is 7.78. The molecule has 0 unspecified atom stereocenters. The van der Waals surface area contributed by atoms with E-state index in [-0.39, 0.29) is 11.7 Å². The number of hydrogen-bond donors (Lipinski definition) is 0. The number of piperazine rings is 1. The number of halogens is 1. The van der Waals surface area contributed by atoms with Crippen LogP contribution in [0.25, 0.3) is 0 Å². The molecule has 0 saturated carbocycles. The van der Waals surface area contributed by atoms with Crippen LogP contribution in [-0.2, 0) is 0 Å². The first-order chi connectivity index (χ1) is 11.0. The molecule has 1 aliphatic rings. The third-order valence-corrected chi connectivity index (χ3v) is 4.21. The van der Waals surface area contributed by atoms with E-state index in [2.05, 4.69) is 9.88 Å². The number of carbonyl (C=O) groups is 1. The molecule has 0 radical (unpaired) electrons. The van der Waals surface area contributed by atoms with Gasteiger partial charge in [0.1, 0.15) is 5.82 Å². The largest absolute Gasteiger partial charge is 0.368 e. The van der Waals surface area contributed by atoms with Gasteiger partial charge < -0.3 is 9.80 Å². The zero-order valence-electron chi connectivity index (χ0n) is 13.4. The minimum Gasteiger partial charge on any atom is -0.368 e. The van der Waals surface area contributed by atoms with Gasteiger partial charge in [-0.3, -0.25) is 9.78 Å². The van der Waals surface area contributed by atoms with E-state index in [9.17, 15) is 9.18 Å². The van der Waals surface area contributed by atoms with Crippen molar-refractivity contribution in [3.8, 4) is 0 Å². The van der Waals surface area contributed by atoms with Gasteiger partial charge in [-0.25, -0.2) is 4.39 Å². The van der Waals surface area contributed by atoms with Crippen LogP contribution in [0.4, 0.5) is 10.1 Å². The molecule has 2 heterocycles. The highest BCUT2D eigenvalue weighted by Crippen LogP contribution is 2.18. The van der Waals surface area contributed by atoms with Gasteiger partial charge in [-0.15, -0.1) is 0 Å². The van der Waals surface area contributed by atoms with Gasteiger partial charge in [0.25, 0.3) is 5.91 Å². The van der Waals surface area contributed by atoms with Crippen LogP contribution in [-0.4, -0.2) is 42.0 Å². The molecule has 0 aliphatic carbocycles. The Morgan fingerprint density at radius 1 is 1.00 bits per heavy atom. The molecule has 1 saturated heterocycles. The second-order valence-corrected chi connectivity index (χ2v) is 5.84. The summed E-state index contributed by atoms with van der Waals surface area (Å²) >= 11 is 0. The molecule has 1 aromatic carbocycles. The zero-order valence-corrected chi connectivity index (χ0v) is 13.4. The molecule has 1 aromatic heterocycles. The van der Waals surface area contributed by atoms with Crippen LogP contribution < -0.4 is 4.90 Å². The topological polar surface area (TPSA) is 36.4 Å². The monoisotopic (exact) mass is 313 g/mol. The number of pyridine rings is 1. The summed E-state index contributed by atoms with van der Waals surface area (Å²) in [6, 6.07) is 10.2. The molecule has 23 heavy (non-hydrogen) atoms. The molecule has 1 amide bonds. The van der Waals surface area contributed by atoms with Crippen molar-refractivity contribution in [2.75, 3.05) is 31.1 Å². The summed E-state index contributed by atoms with van der Waals surface area (Å²) in [7, 11) is 0. The fourth-order valence-corrected chi connectivity index (χ4v) is 2.90. The van der Waals surface area contributed by atoms with Crippen molar-refractivity contribution in [1.82, 2.24) is 9.88 Å². The SMILES string of the molecule is Cc1ccc(C(=O)N2CCN(c3ccc(F)cc3)CC2)c(C)n1. The highest BCUT2D eigenvalue weighted by Gasteiger charge is 2.23. The van der Waals surface area contributed by atoms with Gasteiger partial charge in [-0.1, -0.05) is 0 Å². The number of nitrogens with zero attached hydrogens (tertiary/aromatic N) is 3. The Labute approximate surface area is 135 Å². The second-order valence-electron chi connectivity index (χ2n) is 5.84. The van der Waals surface area contributed by atoms with E-state index < -0.39 is 0 Å². The lowest BCUT2D eigenvalue weighted by Gasteiger charge is -2.36. The smallest absolute Gasteiger partial charge is 0.255 e. The summed E-state index contributed by atoms with van der Waals surface area (Å²) in [4.78, 5) is 21.0. The van der Waals surface area contributed by atoms with Gasteiger partial charge >= 0.3 is 0 Å². The second kappa shape index (κ2) is 6.36. The number of hydrogen-bond acceptors (Lipinski definition) is 3. The van der Waals surface area contributed by atoms with Gasteiger partial charge in [-0.05, 0) is 50.2 Å². The quantitative estimate of drug-likeness (QED) is 0.855. The highest BCUT2D eigenvalue weighted by atomic mass is 19.1. The lowest BCUT2D eigenvalue weighted by Crippen LogP contribution is -2.49. The van der Waals surface area contributed by atoms with Crippen LogP contribution in [0.3, 0.4) is 0 Å².